The van der Waals surface area contributed by atoms with Crippen molar-refractivity contribution in [3.63, 3.8) is 0 Å². The fourth-order valence-corrected chi connectivity index (χ4v) is 2.35. The number of carbonyl (C=O) groups is 1. The van der Waals surface area contributed by atoms with Gasteiger partial charge in [0.05, 0.1) is 11.6 Å². The Balaban J connectivity index is 1.66. The summed E-state index contributed by atoms with van der Waals surface area (Å²) in [7, 11) is 0. The van der Waals surface area contributed by atoms with Crippen LogP contribution >= 0.6 is 11.6 Å². The Labute approximate surface area is 127 Å². The van der Waals surface area contributed by atoms with Crippen LogP contribution < -0.4 is 0 Å². The zero-order valence-electron chi connectivity index (χ0n) is 12.2. The van der Waals surface area contributed by atoms with Gasteiger partial charge in [0, 0.05) is 36.9 Å². The third-order valence-electron chi connectivity index (χ3n) is 3.26. The van der Waals surface area contributed by atoms with E-state index in [0.717, 1.165) is 10.9 Å². The van der Waals surface area contributed by atoms with Gasteiger partial charge in [-0.25, -0.2) is 9.78 Å². The molecule has 7 heteroatoms. The molecular weight excluding hydrogens is 292 g/mol. The van der Waals surface area contributed by atoms with E-state index in [1.54, 1.807) is 17.2 Å². The Kier molecular flexibility index (Phi) is 3.28. The number of likely N-dealkylation sites (tertiary alicyclic amines) is 1. The Morgan fingerprint density at radius 2 is 2.14 bits per heavy atom. The number of ether oxygens (including phenoxy) is 1. The highest BCUT2D eigenvalue weighted by Crippen LogP contribution is 2.25. The van der Waals surface area contributed by atoms with Gasteiger partial charge >= 0.3 is 6.09 Å². The topological polar surface area (TPSA) is 60.2 Å². The Hall–Kier alpha value is -1.82. The summed E-state index contributed by atoms with van der Waals surface area (Å²) in [6.07, 6.45) is 3.35. The van der Waals surface area contributed by atoms with Crippen molar-refractivity contribution in [2.24, 2.45) is 0 Å². The molecule has 0 unspecified atom stereocenters. The van der Waals surface area contributed by atoms with Crippen LogP contribution in [0.4, 0.5) is 4.79 Å². The van der Waals surface area contributed by atoms with E-state index < -0.39 is 5.60 Å². The Bertz CT molecular complexity index is 686. The number of rotatable bonds is 1. The smallest absolute Gasteiger partial charge is 0.410 e. The van der Waals surface area contributed by atoms with Crippen LogP contribution in [0.1, 0.15) is 26.8 Å². The summed E-state index contributed by atoms with van der Waals surface area (Å²) in [5, 5.41) is 5.84. The lowest BCUT2D eigenvalue weighted by Crippen LogP contribution is -2.52. The van der Waals surface area contributed by atoms with E-state index in [0.29, 0.717) is 18.2 Å². The first kappa shape index (κ1) is 14.1. The van der Waals surface area contributed by atoms with Crippen molar-refractivity contribution in [2.75, 3.05) is 13.1 Å². The van der Waals surface area contributed by atoms with Crippen LogP contribution in [-0.2, 0) is 4.74 Å². The summed E-state index contributed by atoms with van der Waals surface area (Å²) in [6, 6.07) is 1.90. The van der Waals surface area contributed by atoms with Gasteiger partial charge in [-0.05, 0) is 20.8 Å². The molecule has 1 aliphatic rings. The van der Waals surface area contributed by atoms with Crippen LogP contribution in [0.25, 0.3) is 10.9 Å². The minimum absolute atomic E-state index is 0.170. The molecule has 0 bridgehead atoms. The summed E-state index contributed by atoms with van der Waals surface area (Å²) in [5.74, 6) is 0. The molecule has 1 saturated heterocycles. The molecule has 0 atom stereocenters. The van der Waals surface area contributed by atoms with Crippen LogP contribution in [0.3, 0.4) is 0 Å². The molecule has 1 amide bonds. The van der Waals surface area contributed by atoms with Crippen LogP contribution in [0, 0.1) is 0 Å². The Morgan fingerprint density at radius 3 is 2.81 bits per heavy atom. The van der Waals surface area contributed by atoms with Gasteiger partial charge in [-0.3, -0.25) is 4.68 Å². The zero-order chi connectivity index (χ0) is 15.2. The average molecular weight is 309 g/mol. The van der Waals surface area contributed by atoms with Crippen molar-refractivity contribution in [3.8, 4) is 0 Å². The summed E-state index contributed by atoms with van der Waals surface area (Å²) in [5.41, 5.74) is 0.344. The number of fused-ring (bicyclic) bond motifs is 1. The second-order valence-corrected chi connectivity index (χ2v) is 6.60. The van der Waals surface area contributed by atoms with Crippen molar-refractivity contribution in [3.05, 3.63) is 23.6 Å². The highest BCUT2D eigenvalue weighted by atomic mass is 35.5. The van der Waals surface area contributed by atoms with Gasteiger partial charge in [-0.1, -0.05) is 11.6 Å². The molecule has 0 saturated carbocycles. The molecular formula is C14H17ClN4O2. The maximum absolute atomic E-state index is 11.9. The van der Waals surface area contributed by atoms with Gasteiger partial charge in [0.25, 0.3) is 0 Å². The highest BCUT2D eigenvalue weighted by Gasteiger charge is 2.35. The molecule has 6 nitrogen and oxygen atoms in total. The van der Waals surface area contributed by atoms with Gasteiger partial charge in [0.15, 0.2) is 0 Å². The second kappa shape index (κ2) is 4.87. The van der Waals surface area contributed by atoms with E-state index in [9.17, 15) is 4.79 Å². The summed E-state index contributed by atoms with van der Waals surface area (Å²) in [4.78, 5) is 17.6. The molecule has 2 aromatic rings. The fraction of sp³-hybridized carbons (Fsp3) is 0.500. The quantitative estimate of drug-likeness (QED) is 0.760. The lowest BCUT2D eigenvalue weighted by molar-refractivity contribution is -0.000292. The van der Waals surface area contributed by atoms with Crippen molar-refractivity contribution < 1.29 is 9.53 Å². The number of hydrogen-bond donors (Lipinski definition) is 0. The molecule has 21 heavy (non-hydrogen) atoms. The predicted octanol–water partition coefficient (Wildman–Crippen LogP) is 2.88. The molecule has 3 heterocycles. The first-order chi connectivity index (χ1) is 9.82. The number of aromatic nitrogens is 3. The molecule has 3 rings (SSSR count). The summed E-state index contributed by atoms with van der Waals surface area (Å²) in [6.45, 7) is 6.78. The molecule has 0 aromatic carbocycles. The van der Waals surface area contributed by atoms with E-state index in [1.165, 1.54) is 0 Å². The van der Waals surface area contributed by atoms with Gasteiger partial charge in [-0.15, -0.1) is 0 Å². The first-order valence-electron chi connectivity index (χ1n) is 6.80. The number of carbonyl (C=O) groups excluding carboxylic acids is 1. The number of hydrogen-bond acceptors (Lipinski definition) is 4. The number of amides is 1. The standard InChI is InChI=1S/C14H17ClN4O2/c1-14(2,3)21-13(20)18-7-10(8-18)19-6-9-5-16-12(15)4-11(9)17-19/h4-6,10H,7-8H2,1-3H3. The first-order valence-corrected chi connectivity index (χ1v) is 7.18. The lowest BCUT2D eigenvalue weighted by atomic mass is 10.1. The third kappa shape index (κ3) is 2.95. The fourth-order valence-electron chi connectivity index (χ4n) is 2.20. The molecule has 112 valence electrons. The number of pyridine rings is 1. The van der Waals surface area contributed by atoms with Crippen LogP contribution in [0.2, 0.25) is 5.15 Å². The van der Waals surface area contributed by atoms with E-state index in [1.807, 2.05) is 31.6 Å². The van der Waals surface area contributed by atoms with E-state index >= 15 is 0 Å². The van der Waals surface area contributed by atoms with Gasteiger partial charge in [-0.2, -0.15) is 5.10 Å². The molecule has 0 aliphatic carbocycles. The van der Waals surface area contributed by atoms with Gasteiger partial charge < -0.3 is 9.64 Å². The molecule has 1 fully saturated rings. The SMILES string of the molecule is CC(C)(C)OC(=O)N1CC(n2cc3cnc(Cl)cc3n2)C1. The van der Waals surface area contributed by atoms with Crippen LogP contribution in [0.15, 0.2) is 18.5 Å². The third-order valence-corrected chi connectivity index (χ3v) is 3.47. The van der Waals surface area contributed by atoms with Gasteiger partial charge in [0.2, 0.25) is 0 Å². The number of halogens is 1. The molecule has 0 N–H and O–H groups in total. The zero-order valence-corrected chi connectivity index (χ0v) is 13.0. The predicted molar refractivity (Wildman–Crippen MR) is 79.4 cm³/mol. The van der Waals surface area contributed by atoms with Crippen LogP contribution in [-0.4, -0.2) is 44.4 Å². The summed E-state index contributed by atoms with van der Waals surface area (Å²) < 4.78 is 7.19. The van der Waals surface area contributed by atoms with Crippen molar-refractivity contribution in [1.82, 2.24) is 19.7 Å². The lowest BCUT2D eigenvalue weighted by Gasteiger charge is -2.39. The van der Waals surface area contributed by atoms with Crippen molar-refractivity contribution >= 4 is 28.6 Å². The van der Waals surface area contributed by atoms with Crippen molar-refractivity contribution in [2.45, 2.75) is 32.4 Å². The molecule has 0 radical (unpaired) electrons. The molecule has 0 spiro atoms. The van der Waals surface area contributed by atoms with Gasteiger partial charge in [0.1, 0.15) is 10.8 Å². The van der Waals surface area contributed by atoms with E-state index in [-0.39, 0.29) is 12.1 Å². The van der Waals surface area contributed by atoms with Crippen molar-refractivity contribution in [1.29, 1.82) is 0 Å². The number of nitrogens with zero attached hydrogens (tertiary/aromatic N) is 4. The maximum Gasteiger partial charge on any atom is 0.410 e. The second-order valence-electron chi connectivity index (χ2n) is 6.21. The molecule has 2 aromatic heterocycles. The van der Waals surface area contributed by atoms with E-state index in [2.05, 4.69) is 10.1 Å². The Morgan fingerprint density at radius 1 is 1.43 bits per heavy atom. The maximum atomic E-state index is 11.9. The minimum Gasteiger partial charge on any atom is -0.444 e. The average Bonchev–Trinajstić information content (AvgIpc) is 2.66. The monoisotopic (exact) mass is 308 g/mol. The normalized spacial score (nSPS) is 16.1. The molecule has 1 aliphatic heterocycles. The summed E-state index contributed by atoms with van der Waals surface area (Å²) >= 11 is 5.85. The minimum atomic E-state index is -0.467. The largest absolute Gasteiger partial charge is 0.444 e. The van der Waals surface area contributed by atoms with Crippen LogP contribution in [0.5, 0.6) is 0 Å². The highest BCUT2D eigenvalue weighted by molar-refractivity contribution is 6.29. The van der Waals surface area contributed by atoms with E-state index in [4.69, 9.17) is 16.3 Å².